The molecule has 0 atom stereocenters. The van der Waals surface area contributed by atoms with Crippen LogP contribution >= 0.6 is 0 Å². The molecule has 10 aromatic rings. The molecule has 0 unspecified atom stereocenters. The number of nitriles is 1. The molecule has 7 aromatic carbocycles. The first-order valence-electron chi connectivity index (χ1n) is 16.1. The average Bonchev–Trinajstić information content (AvgIpc) is 3.82. The summed E-state index contributed by atoms with van der Waals surface area (Å²) >= 11 is 0. The fourth-order valence-corrected chi connectivity index (χ4v) is 7.68. The van der Waals surface area contributed by atoms with Gasteiger partial charge in [0.25, 0.3) is 0 Å². The van der Waals surface area contributed by atoms with Crippen molar-refractivity contribution >= 4 is 71.2 Å². The van der Waals surface area contributed by atoms with Crippen molar-refractivity contribution in [3.63, 3.8) is 0 Å². The Hall–Kier alpha value is -7.08. The van der Waals surface area contributed by atoms with E-state index in [0.29, 0.717) is 11.3 Å². The fourth-order valence-electron chi connectivity index (χ4n) is 7.68. The van der Waals surface area contributed by atoms with Crippen molar-refractivity contribution in [3.8, 4) is 28.6 Å². The normalized spacial score (nSPS) is 11.6. The van der Waals surface area contributed by atoms with Crippen LogP contribution in [0.2, 0.25) is 0 Å². The van der Waals surface area contributed by atoms with E-state index in [9.17, 15) is 5.26 Å². The van der Waals surface area contributed by atoms with Gasteiger partial charge in [0.15, 0.2) is 11.3 Å². The van der Waals surface area contributed by atoms with E-state index in [1.54, 1.807) is 0 Å². The van der Waals surface area contributed by atoms with Crippen LogP contribution in [-0.2, 0) is 0 Å². The van der Waals surface area contributed by atoms with Gasteiger partial charge in [0.2, 0.25) is 0 Å². The highest BCUT2D eigenvalue weighted by molar-refractivity contribution is 6.21. The lowest BCUT2D eigenvalue weighted by Crippen LogP contribution is -1.97. The summed E-state index contributed by atoms with van der Waals surface area (Å²) in [6.07, 6.45) is 0. The molecule has 0 fully saturated rings. The zero-order valence-electron chi connectivity index (χ0n) is 26.1. The highest BCUT2D eigenvalue weighted by Gasteiger charge is 2.21. The van der Waals surface area contributed by atoms with Crippen LogP contribution in [-0.4, -0.2) is 9.13 Å². The first kappa shape index (κ1) is 27.1. The molecule has 0 N–H and O–H groups in total. The van der Waals surface area contributed by atoms with Gasteiger partial charge in [0.1, 0.15) is 5.58 Å². The predicted molar refractivity (Wildman–Crippen MR) is 199 cm³/mol. The third kappa shape index (κ3) is 3.79. The molecule has 0 aliphatic heterocycles. The van der Waals surface area contributed by atoms with Crippen molar-refractivity contribution in [2.24, 2.45) is 0 Å². The van der Waals surface area contributed by atoms with E-state index in [1.807, 2.05) is 72.8 Å². The third-order valence-corrected chi connectivity index (χ3v) is 9.79. The molecule has 0 radical (unpaired) electrons. The van der Waals surface area contributed by atoms with E-state index in [2.05, 4.69) is 92.8 Å². The van der Waals surface area contributed by atoms with Crippen LogP contribution in [0.15, 0.2) is 150 Å². The molecule has 3 heterocycles. The second kappa shape index (κ2) is 10.2. The van der Waals surface area contributed by atoms with E-state index in [-0.39, 0.29) is 0 Å². The molecule has 226 valence electrons. The molecule has 10 rings (SSSR count). The molecule has 0 aliphatic rings. The number of para-hydroxylation sites is 4. The largest absolute Gasteiger partial charge is 0.454 e. The lowest BCUT2D eigenvalue weighted by Gasteiger charge is -2.14. The standard InChI is InChI=1S/C44H24N4O/c1-46-38-25-29(48-41-16-8-4-12-34(41)36-22-23-37-35-13-5-9-17-42(35)49-44(37)43(36)48)19-21-31(38)30-20-18-28(24-27(30)26-45)47-39-14-6-2-10-32(39)33-11-3-7-15-40(33)47/h2-25H. The van der Waals surface area contributed by atoms with Crippen molar-refractivity contribution in [3.05, 3.63) is 163 Å². The van der Waals surface area contributed by atoms with E-state index in [1.165, 1.54) is 0 Å². The SMILES string of the molecule is [C-]#[N+]c1cc(-n2c3ccccc3c3ccc4c5ccccc5oc4c32)ccc1-c1ccc(-n2c3ccccc3c3ccccc32)cc1C#N. The van der Waals surface area contributed by atoms with E-state index in [0.717, 1.165) is 88.1 Å². The van der Waals surface area contributed by atoms with Gasteiger partial charge >= 0.3 is 0 Å². The topological polar surface area (TPSA) is 51.1 Å². The van der Waals surface area contributed by atoms with E-state index >= 15 is 0 Å². The first-order valence-corrected chi connectivity index (χ1v) is 16.1. The molecule has 0 aliphatic carbocycles. The van der Waals surface area contributed by atoms with Gasteiger partial charge in [-0.05, 0) is 65.7 Å². The summed E-state index contributed by atoms with van der Waals surface area (Å²) in [5.74, 6) is 0. The summed E-state index contributed by atoms with van der Waals surface area (Å²) in [5.41, 5.74) is 10.0. The minimum absolute atomic E-state index is 0.473. The smallest absolute Gasteiger partial charge is 0.197 e. The van der Waals surface area contributed by atoms with Crippen molar-refractivity contribution in [2.75, 3.05) is 0 Å². The molecule has 0 spiro atoms. The lowest BCUT2D eigenvalue weighted by molar-refractivity contribution is 0.671. The van der Waals surface area contributed by atoms with E-state index < -0.39 is 0 Å². The average molecular weight is 625 g/mol. The zero-order valence-corrected chi connectivity index (χ0v) is 26.1. The first-order chi connectivity index (χ1) is 24.2. The summed E-state index contributed by atoms with van der Waals surface area (Å²) < 4.78 is 10.9. The Balaban J connectivity index is 1.17. The Labute approximate surface area is 280 Å². The molecule has 49 heavy (non-hydrogen) atoms. The summed E-state index contributed by atoms with van der Waals surface area (Å²) in [7, 11) is 0. The van der Waals surface area contributed by atoms with Crippen molar-refractivity contribution in [2.45, 2.75) is 0 Å². The monoisotopic (exact) mass is 624 g/mol. The number of fused-ring (bicyclic) bond motifs is 10. The molecule has 5 heteroatoms. The Morgan fingerprint density at radius 1 is 0.531 bits per heavy atom. The second-order valence-electron chi connectivity index (χ2n) is 12.3. The maximum absolute atomic E-state index is 10.4. The summed E-state index contributed by atoms with van der Waals surface area (Å²) in [5, 5.41) is 17.1. The van der Waals surface area contributed by atoms with Gasteiger partial charge in [0, 0.05) is 43.7 Å². The Morgan fingerprint density at radius 2 is 1.08 bits per heavy atom. The van der Waals surface area contributed by atoms with Gasteiger partial charge in [0.05, 0.1) is 40.3 Å². The molecule has 0 amide bonds. The summed E-state index contributed by atoms with van der Waals surface area (Å²) in [6, 6.07) is 51.7. The van der Waals surface area contributed by atoms with Crippen LogP contribution < -0.4 is 0 Å². The maximum Gasteiger partial charge on any atom is 0.197 e. The maximum atomic E-state index is 10.4. The minimum Gasteiger partial charge on any atom is -0.454 e. The predicted octanol–water partition coefficient (Wildman–Crippen LogP) is 11.9. The van der Waals surface area contributed by atoms with E-state index in [4.69, 9.17) is 11.0 Å². The molecule has 0 saturated heterocycles. The number of furan rings is 1. The Kier molecular flexibility index (Phi) is 5.64. The van der Waals surface area contributed by atoms with Gasteiger partial charge < -0.3 is 13.6 Å². The number of aromatic nitrogens is 2. The van der Waals surface area contributed by atoms with Crippen LogP contribution in [0.3, 0.4) is 0 Å². The van der Waals surface area contributed by atoms with Gasteiger partial charge in [-0.2, -0.15) is 5.26 Å². The molecule has 0 saturated carbocycles. The van der Waals surface area contributed by atoms with Crippen LogP contribution in [0.4, 0.5) is 5.69 Å². The molecule has 0 bridgehead atoms. The molecular formula is C44H24N4O. The van der Waals surface area contributed by atoms with Crippen molar-refractivity contribution in [1.82, 2.24) is 9.13 Å². The molecular weight excluding hydrogens is 601 g/mol. The van der Waals surface area contributed by atoms with Crippen LogP contribution in [0.5, 0.6) is 0 Å². The Bertz CT molecular complexity index is 3030. The number of rotatable bonds is 3. The quantitative estimate of drug-likeness (QED) is 0.184. The van der Waals surface area contributed by atoms with Gasteiger partial charge in [-0.25, -0.2) is 4.85 Å². The summed E-state index contributed by atoms with van der Waals surface area (Å²) in [6.45, 7) is 8.26. The van der Waals surface area contributed by atoms with Crippen molar-refractivity contribution < 1.29 is 4.42 Å². The zero-order chi connectivity index (χ0) is 32.6. The Morgan fingerprint density at radius 3 is 1.76 bits per heavy atom. The number of benzene rings is 7. The van der Waals surface area contributed by atoms with Crippen LogP contribution in [0.1, 0.15) is 5.56 Å². The third-order valence-electron chi connectivity index (χ3n) is 9.79. The summed E-state index contributed by atoms with van der Waals surface area (Å²) in [4.78, 5) is 4.00. The lowest BCUT2D eigenvalue weighted by atomic mass is 9.97. The molecule has 3 aromatic heterocycles. The highest BCUT2D eigenvalue weighted by atomic mass is 16.3. The number of hydrogen-bond acceptors (Lipinski definition) is 2. The van der Waals surface area contributed by atoms with Crippen molar-refractivity contribution in [1.29, 1.82) is 5.26 Å². The van der Waals surface area contributed by atoms with Gasteiger partial charge in [-0.1, -0.05) is 91.0 Å². The van der Waals surface area contributed by atoms with Gasteiger partial charge in [-0.3, -0.25) is 0 Å². The fraction of sp³-hybridized carbons (Fsp3) is 0. The molecule has 5 nitrogen and oxygen atoms in total. The van der Waals surface area contributed by atoms with Gasteiger partial charge in [-0.15, -0.1) is 0 Å². The number of hydrogen-bond donors (Lipinski definition) is 0. The van der Waals surface area contributed by atoms with Crippen LogP contribution in [0, 0.1) is 17.9 Å². The highest BCUT2D eigenvalue weighted by Crippen LogP contribution is 2.42. The minimum atomic E-state index is 0.473. The van der Waals surface area contributed by atoms with Crippen LogP contribution in [0.25, 0.3) is 92.9 Å². The number of nitrogens with zero attached hydrogens (tertiary/aromatic N) is 4. The second-order valence-corrected chi connectivity index (χ2v) is 12.3.